The highest BCUT2D eigenvalue weighted by Gasteiger charge is 2.21. The van der Waals surface area contributed by atoms with E-state index in [1.165, 1.54) is 20.4 Å². The summed E-state index contributed by atoms with van der Waals surface area (Å²) in [7, 11) is -0.665. The van der Waals surface area contributed by atoms with Gasteiger partial charge in [-0.25, -0.2) is 13.1 Å². The number of methoxy groups -OCH3 is 2. The number of H-pyrrole nitrogens is 1. The van der Waals surface area contributed by atoms with Crippen LogP contribution in [0.3, 0.4) is 0 Å². The highest BCUT2D eigenvalue weighted by molar-refractivity contribution is 7.89. The van der Waals surface area contributed by atoms with Gasteiger partial charge in [0.15, 0.2) is 5.03 Å². The van der Waals surface area contributed by atoms with Gasteiger partial charge in [0.1, 0.15) is 0 Å². The fraction of sp³-hybridized carbons (Fsp3) is 0.667. The molecule has 1 rings (SSSR count). The van der Waals surface area contributed by atoms with Gasteiger partial charge >= 0.3 is 0 Å². The van der Waals surface area contributed by atoms with E-state index in [0.717, 1.165) is 0 Å². The molecular weight excluding hydrogens is 260 g/mol. The molecule has 1 aromatic heterocycles. The number of rotatable bonds is 8. The molecule has 0 aromatic carbocycles. The van der Waals surface area contributed by atoms with Crippen molar-refractivity contribution in [2.24, 2.45) is 5.73 Å². The van der Waals surface area contributed by atoms with E-state index in [2.05, 4.69) is 14.9 Å². The van der Waals surface area contributed by atoms with Gasteiger partial charge < -0.3 is 15.2 Å². The summed E-state index contributed by atoms with van der Waals surface area (Å²) >= 11 is 0. The van der Waals surface area contributed by atoms with Crippen LogP contribution in [-0.2, 0) is 26.0 Å². The summed E-state index contributed by atoms with van der Waals surface area (Å²) in [6.45, 7) is 0.500. The van der Waals surface area contributed by atoms with Gasteiger partial charge in [-0.05, 0) is 0 Å². The molecule has 8 nitrogen and oxygen atoms in total. The average Bonchev–Trinajstić information content (AvgIpc) is 2.83. The molecule has 0 amide bonds. The number of nitrogens with two attached hydrogens (primary N) is 1. The normalized spacial score (nSPS) is 13.7. The lowest BCUT2D eigenvalue weighted by atomic mass is 10.4. The third-order valence-corrected chi connectivity index (χ3v) is 3.79. The van der Waals surface area contributed by atoms with E-state index >= 15 is 0 Å². The maximum atomic E-state index is 12.0. The Bertz CT molecular complexity index is 459. The number of sulfonamides is 1. The Balaban J connectivity index is 2.71. The van der Waals surface area contributed by atoms with Crippen LogP contribution in [0.2, 0.25) is 0 Å². The molecule has 9 heteroatoms. The van der Waals surface area contributed by atoms with Crippen molar-refractivity contribution in [1.82, 2.24) is 14.9 Å². The number of nitrogens with one attached hydrogen (secondary N) is 2. The van der Waals surface area contributed by atoms with E-state index in [-0.39, 0.29) is 24.2 Å². The lowest BCUT2D eigenvalue weighted by Crippen LogP contribution is -2.36. The molecule has 0 radical (unpaired) electrons. The Labute approximate surface area is 106 Å². The maximum absolute atomic E-state index is 12.0. The van der Waals surface area contributed by atoms with Gasteiger partial charge in [0.05, 0.1) is 18.9 Å². The van der Waals surface area contributed by atoms with Crippen molar-refractivity contribution in [2.75, 3.05) is 27.4 Å². The number of hydrogen-bond acceptors (Lipinski definition) is 6. The minimum absolute atomic E-state index is 0.0164. The first kappa shape index (κ1) is 15.1. The highest BCUT2D eigenvalue weighted by Crippen LogP contribution is 2.10. The van der Waals surface area contributed by atoms with E-state index < -0.39 is 10.0 Å². The van der Waals surface area contributed by atoms with Crippen LogP contribution in [-0.4, -0.2) is 52.1 Å². The quantitative estimate of drug-likeness (QED) is 0.550. The van der Waals surface area contributed by atoms with E-state index in [9.17, 15) is 8.42 Å². The zero-order chi connectivity index (χ0) is 13.6. The van der Waals surface area contributed by atoms with Crippen molar-refractivity contribution < 1.29 is 17.9 Å². The predicted octanol–water partition coefficient (Wildman–Crippen LogP) is -1.19. The molecule has 0 saturated carbocycles. The molecule has 1 unspecified atom stereocenters. The van der Waals surface area contributed by atoms with Crippen molar-refractivity contribution in [2.45, 2.75) is 17.7 Å². The second kappa shape index (κ2) is 6.81. The fourth-order valence-corrected chi connectivity index (χ4v) is 2.55. The topological polar surface area (TPSA) is 119 Å². The van der Waals surface area contributed by atoms with Gasteiger partial charge in [-0.3, -0.25) is 5.10 Å². The molecule has 1 heterocycles. The molecule has 4 N–H and O–H groups in total. The zero-order valence-corrected chi connectivity index (χ0v) is 11.2. The monoisotopic (exact) mass is 278 g/mol. The third-order valence-electron chi connectivity index (χ3n) is 2.35. The molecule has 0 aliphatic carbocycles. The maximum Gasteiger partial charge on any atom is 0.257 e. The van der Waals surface area contributed by atoms with Gasteiger partial charge in [0.25, 0.3) is 10.0 Å². The van der Waals surface area contributed by atoms with E-state index in [1.54, 1.807) is 0 Å². The molecule has 0 bridgehead atoms. The van der Waals surface area contributed by atoms with Crippen molar-refractivity contribution in [3.8, 4) is 0 Å². The number of aromatic amines is 1. The Morgan fingerprint density at radius 2 is 2.28 bits per heavy atom. The fourth-order valence-electron chi connectivity index (χ4n) is 1.35. The first-order valence-electron chi connectivity index (χ1n) is 5.28. The van der Waals surface area contributed by atoms with Crippen molar-refractivity contribution in [3.63, 3.8) is 0 Å². The predicted molar refractivity (Wildman–Crippen MR) is 64.3 cm³/mol. The smallest absolute Gasteiger partial charge is 0.257 e. The minimum Gasteiger partial charge on any atom is -0.382 e. The molecule has 0 aliphatic heterocycles. The van der Waals surface area contributed by atoms with Crippen LogP contribution in [0.4, 0.5) is 0 Å². The van der Waals surface area contributed by atoms with E-state index in [0.29, 0.717) is 12.2 Å². The lowest BCUT2D eigenvalue weighted by molar-refractivity contribution is 0.0320. The summed E-state index contributed by atoms with van der Waals surface area (Å²) < 4.78 is 36.3. The first-order chi connectivity index (χ1) is 8.55. The van der Waals surface area contributed by atoms with Crippen LogP contribution < -0.4 is 10.5 Å². The molecule has 1 atom stereocenters. The van der Waals surface area contributed by atoms with Crippen LogP contribution in [0.15, 0.2) is 11.2 Å². The second-order valence-corrected chi connectivity index (χ2v) is 5.30. The van der Waals surface area contributed by atoms with E-state index in [4.69, 9.17) is 15.2 Å². The van der Waals surface area contributed by atoms with Crippen LogP contribution in [0.25, 0.3) is 0 Å². The summed E-state index contributed by atoms with van der Waals surface area (Å²) in [6, 6.07) is 0. The first-order valence-corrected chi connectivity index (χ1v) is 6.77. The molecule has 0 fully saturated rings. The Morgan fingerprint density at radius 3 is 2.83 bits per heavy atom. The van der Waals surface area contributed by atoms with Gasteiger partial charge in [0, 0.05) is 32.9 Å². The minimum atomic E-state index is -3.67. The van der Waals surface area contributed by atoms with Gasteiger partial charge in [-0.2, -0.15) is 5.10 Å². The SMILES string of the molecule is COCC(CNS(=O)(=O)c1[nH]ncc1CN)OC. The summed E-state index contributed by atoms with van der Waals surface area (Å²) in [5.74, 6) is 0. The van der Waals surface area contributed by atoms with Crippen LogP contribution in [0, 0.1) is 0 Å². The number of nitrogens with zero attached hydrogens (tertiary/aromatic N) is 1. The molecule has 1 aromatic rings. The third kappa shape index (κ3) is 3.75. The Kier molecular flexibility index (Phi) is 5.69. The average molecular weight is 278 g/mol. The van der Waals surface area contributed by atoms with Crippen LogP contribution in [0.5, 0.6) is 0 Å². The van der Waals surface area contributed by atoms with Crippen molar-refractivity contribution >= 4 is 10.0 Å². The zero-order valence-electron chi connectivity index (χ0n) is 10.3. The van der Waals surface area contributed by atoms with Crippen molar-refractivity contribution in [1.29, 1.82) is 0 Å². The summed E-state index contributed by atoms with van der Waals surface area (Å²) in [4.78, 5) is 0. The summed E-state index contributed by atoms with van der Waals surface area (Å²) in [6.07, 6.45) is 1.03. The number of aromatic nitrogens is 2. The molecular formula is C9H18N4O4S. The standard InChI is InChI=1S/C9H18N4O4S/c1-16-6-8(17-2)5-12-18(14,15)9-7(3-10)4-11-13-9/h4,8,12H,3,5-6,10H2,1-2H3,(H,11,13). The van der Waals surface area contributed by atoms with Gasteiger partial charge in [0.2, 0.25) is 0 Å². The molecule has 0 spiro atoms. The number of hydrogen-bond donors (Lipinski definition) is 3. The van der Waals surface area contributed by atoms with Crippen LogP contribution >= 0.6 is 0 Å². The molecule has 0 saturated heterocycles. The lowest BCUT2D eigenvalue weighted by Gasteiger charge is -2.14. The molecule has 18 heavy (non-hydrogen) atoms. The number of ether oxygens (including phenoxy) is 2. The second-order valence-electron chi connectivity index (χ2n) is 3.59. The molecule has 0 aliphatic rings. The summed E-state index contributed by atoms with van der Waals surface area (Å²) in [5.41, 5.74) is 5.86. The summed E-state index contributed by atoms with van der Waals surface area (Å²) in [5, 5.41) is 6.06. The van der Waals surface area contributed by atoms with Crippen molar-refractivity contribution in [3.05, 3.63) is 11.8 Å². The molecule has 104 valence electrons. The Morgan fingerprint density at radius 1 is 1.56 bits per heavy atom. The van der Waals surface area contributed by atoms with E-state index in [1.807, 2.05) is 0 Å². The van der Waals surface area contributed by atoms with Gasteiger partial charge in [-0.15, -0.1) is 0 Å². The Hall–Kier alpha value is -1.00. The largest absolute Gasteiger partial charge is 0.382 e. The van der Waals surface area contributed by atoms with Gasteiger partial charge in [-0.1, -0.05) is 0 Å². The highest BCUT2D eigenvalue weighted by atomic mass is 32.2. The van der Waals surface area contributed by atoms with Crippen LogP contribution in [0.1, 0.15) is 5.56 Å².